The molecule has 1 atom stereocenters. The van der Waals surface area contributed by atoms with Crippen molar-refractivity contribution in [3.8, 4) is 0 Å². The van der Waals surface area contributed by atoms with E-state index >= 15 is 0 Å². The molecule has 0 aromatic rings. The average molecular weight is 793 g/mol. The van der Waals surface area contributed by atoms with E-state index in [-0.39, 0.29) is 31.1 Å². The Morgan fingerprint density at radius 1 is 0.368 bits per heavy atom. The highest BCUT2D eigenvalue weighted by Gasteiger charge is 2.19. The van der Waals surface area contributed by atoms with Gasteiger partial charge in [0.15, 0.2) is 6.10 Å². The first-order valence-corrected chi connectivity index (χ1v) is 23.2. The summed E-state index contributed by atoms with van der Waals surface area (Å²) in [4.78, 5) is 37.7. The maximum Gasteiger partial charge on any atom is 0.306 e. The number of carbonyl (C=O) groups is 3. The Labute approximate surface area is 350 Å². The molecule has 0 fully saturated rings. The maximum atomic E-state index is 12.7. The first kappa shape index (κ1) is 53.6. The topological polar surface area (TPSA) is 78.9 Å². The number of carbonyl (C=O) groups excluding carboxylic acids is 3. The fourth-order valence-corrected chi connectivity index (χ4v) is 6.03. The molecule has 0 aliphatic rings. The van der Waals surface area contributed by atoms with Gasteiger partial charge in [-0.25, -0.2) is 0 Å². The summed E-state index contributed by atoms with van der Waals surface area (Å²) < 4.78 is 16.7. The van der Waals surface area contributed by atoms with Crippen molar-refractivity contribution in [2.45, 2.75) is 207 Å². The van der Waals surface area contributed by atoms with E-state index in [9.17, 15) is 14.4 Å². The molecule has 0 aromatic carbocycles. The molecular formula is C51H84O6. The van der Waals surface area contributed by atoms with Crippen LogP contribution in [0.5, 0.6) is 0 Å². The molecule has 0 aromatic heterocycles. The number of ether oxygens (including phenoxy) is 3. The van der Waals surface area contributed by atoms with E-state index in [0.29, 0.717) is 25.7 Å². The second-order valence-corrected chi connectivity index (χ2v) is 15.0. The molecule has 57 heavy (non-hydrogen) atoms. The van der Waals surface area contributed by atoms with Gasteiger partial charge in [0, 0.05) is 19.3 Å². The Morgan fingerprint density at radius 3 is 1.18 bits per heavy atom. The summed E-state index contributed by atoms with van der Waals surface area (Å²) in [6.07, 6.45) is 57.1. The van der Waals surface area contributed by atoms with Crippen molar-refractivity contribution < 1.29 is 28.6 Å². The summed E-state index contributed by atoms with van der Waals surface area (Å²) in [5, 5.41) is 0. The lowest BCUT2D eigenvalue weighted by atomic mass is 10.1. The maximum absolute atomic E-state index is 12.7. The normalized spacial score (nSPS) is 12.8. The third kappa shape index (κ3) is 43.6. The molecule has 0 rings (SSSR count). The smallest absolute Gasteiger partial charge is 0.306 e. The molecular weight excluding hydrogens is 709 g/mol. The van der Waals surface area contributed by atoms with Crippen molar-refractivity contribution in [3.63, 3.8) is 0 Å². The van der Waals surface area contributed by atoms with Gasteiger partial charge in [0.1, 0.15) is 13.2 Å². The van der Waals surface area contributed by atoms with Crippen LogP contribution in [0.4, 0.5) is 0 Å². The van der Waals surface area contributed by atoms with Gasteiger partial charge in [-0.2, -0.15) is 0 Å². The van der Waals surface area contributed by atoms with Crippen molar-refractivity contribution >= 4 is 17.9 Å². The van der Waals surface area contributed by atoms with Crippen molar-refractivity contribution in [2.75, 3.05) is 13.2 Å². The molecule has 6 heteroatoms. The average Bonchev–Trinajstić information content (AvgIpc) is 3.21. The van der Waals surface area contributed by atoms with Crippen LogP contribution in [0.1, 0.15) is 201 Å². The monoisotopic (exact) mass is 793 g/mol. The van der Waals surface area contributed by atoms with Gasteiger partial charge in [-0.15, -0.1) is 0 Å². The Morgan fingerprint density at radius 2 is 0.719 bits per heavy atom. The van der Waals surface area contributed by atoms with Crippen molar-refractivity contribution in [1.29, 1.82) is 0 Å². The second-order valence-electron chi connectivity index (χ2n) is 15.0. The molecule has 0 radical (unpaired) electrons. The molecule has 0 N–H and O–H groups in total. The molecule has 0 saturated heterocycles. The Kier molecular flexibility index (Phi) is 42.6. The van der Waals surface area contributed by atoms with Crippen LogP contribution in [0.15, 0.2) is 85.1 Å². The minimum Gasteiger partial charge on any atom is -0.462 e. The minimum atomic E-state index is -0.797. The number of esters is 3. The highest BCUT2D eigenvalue weighted by molar-refractivity contribution is 5.71. The summed E-state index contributed by atoms with van der Waals surface area (Å²) in [7, 11) is 0. The van der Waals surface area contributed by atoms with E-state index in [1.807, 2.05) is 0 Å². The van der Waals surface area contributed by atoms with Crippen LogP contribution in [-0.2, 0) is 28.6 Å². The molecule has 0 saturated carbocycles. The lowest BCUT2D eigenvalue weighted by Crippen LogP contribution is -2.30. The van der Waals surface area contributed by atoms with E-state index in [4.69, 9.17) is 14.2 Å². The molecule has 324 valence electrons. The third-order valence-corrected chi connectivity index (χ3v) is 9.49. The van der Waals surface area contributed by atoms with Gasteiger partial charge < -0.3 is 14.2 Å². The van der Waals surface area contributed by atoms with Crippen molar-refractivity contribution in [3.05, 3.63) is 85.1 Å². The van der Waals surface area contributed by atoms with Gasteiger partial charge in [-0.1, -0.05) is 189 Å². The van der Waals surface area contributed by atoms with Gasteiger partial charge in [0.25, 0.3) is 0 Å². The van der Waals surface area contributed by atoms with Gasteiger partial charge in [0.05, 0.1) is 0 Å². The van der Waals surface area contributed by atoms with Crippen molar-refractivity contribution in [2.24, 2.45) is 0 Å². The zero-order valence-electron chi connectivity index (χ0n) is 36.8. The quantitative estimate of drug-likeness (QED) is 0.0202. The summed E-state index contributed by atoms with van der Waals surface area (Å²) in [5.41, 5.74) is 0. The van der Waals surface area contributed by atoms with Crippen LogP contribution in [0.3, 0.4) is 0 Å². The van der Waals surface area contributed by atoms with E-state index in [1.165, 1.54) is 70.6 Å². The predicted molar refractivity (Wildman–Crippen MR) is 242 cm³/mol. The van der Waals surface area contributed by atoms with Crippen LogP contribution in [-0.4, -0.2) is 37.2 Å². The fraction of sp³-hybridized carbons (Fsp3) is 0.667. The van der Waals surface area contributed by atoms with Crippen LogP contribution < -0.4 is 0 Å². The third-order valence-electron chi connectivity index (χ3n) is 9.49. The Hall–Kier alpha value is -3.41. The SMILES string of the molecule is CC\C=C/C=C\C=C/CCCCCCCCCC(=O)OCC(COC(=O)CCC/C=C\CCCCCC)OC(=O)CCCCCCCCC\C=C/C=C\C=C/CC. The van der Waals surface area contributed by atoms with Crippen LogP contribution >= 0.6 is 0 Å². The molecule has 0 aliphatic heterocycles. The summed E-state index contributed by atoms with van der Waals surface area (Å²) >= 11 is 0. The van der Waals surface area contributed by atoms with E-state index in [1.54, 1.807) is 0 Å². The van der Waals surface area contributed by atoms with E-state index < -0.39 is 6.10 Å². The van der Waals surface area contributed by atoms with Gasteiger partial charge in [-0.3, -0.25) is 14.4 Å². The summed E-state index contributed by atoms with van der Waals surface area (Å²) in [5.74, 6) is -0.965. The highest BCUT2D eigenvalue weighted by Crippen LogP contribution is 2.13. The van der Waals surface area contributed by atoms with E-state index in [2.05, 4.69) is 106 Å². The fourth-order valence-electron chi connectivity index (χ4n) is 6.03. The van der Waals surface area contributed by atoms with Gasteiger partial charge in [-0.05, 0) is 77.0 Å². The van der Waals surface area contributed by atoms with E-state index in [0.717, 1.165) is 83.5 Å². The van der Waals surface area contributed by atoms with Crippen LogP contribution in [0.2, 0.25) is 0 Å². The largest absolute Gasteiger partial charge is 0.462 e. The first-order valence-electron chi connectivity index (χ1n) is 23.2. The lowest BCUT2D eigenvalue weighted by molar-refractivity contribution is -0.167. The zero-order chi connectivity index (χ0) is 41.5. The number of hydrogen-bond acceptors (Lipinski definition) is 6. The first-order chi connectivity index (χ1) is 28.0. The molecule has 0 bridgehead atoms. The number of allylic oxidation sites excluding steroid dienone is 14. The number of unbranched alkanes of at least 4 members (excludes halogenated alkanes) is 19. The molecule has 0 aliphatic carbocycles. The predicted octanol–water partition coefficient (Wildman–Crippen LogP) is 14.9. The van der Waals surface area contributed by atoms with Gasteiger partial charge in [0.2, 0.25) is 0 Å². The lowest BCUT2D eigenvalue weighted by Gasteiger charge is -2.18. The van der Waals surface area contributed by atoms with Gasteiger partial charge >= 0.3 is 17.9 Å². The second kappa shape index (κ2) is 45.3. The molecule has 0 amide bonds. The van der Waals surface area contributed by atoms with Crippen LogP contribution in [0, 0.1) is 0 Å². The Bertz CT molecular complexity index is 1140. The minimum absolute atomic E-state index is 0.0975. The summed E-state index contributed by atoms with van der Waals surface area (Å²) in [6, 6.07) is 0. The number of hydrogen-bond donors (Lipinski definition) is 0. The zero-order valence-corrected chi connectivity index (χ0v) is 36.8. The van der Waals surface area contributed by atoms with Crippen molar-refractivity contribution in [1.82, 2.24) is 0 Å². The number of rotatable bonds is 40. The summed E-state index contributed by atoms with van der Waals surface area (Å²) in [6.45, 7) is 6.28. The Balaban J connectivity index is 4.42. The molecule has 0 heterocycles. The standard InChI is InChI=1S/C51H84O6/c1-4-7-10-13-16-19-21-23-25-27-29-32-35-38-41-44-50(53)56-47-48(46-55-49(52)43-40-37-34-31-18-15-12-9-6-3)57-51(54)45-42-39-36-33-30-28-26-24-22-20-17-14-11-8-5-2/h7-8,10-11,13-14,16-17,19-22,31,34,48H,4-6,9,12,15,18,23-30,32-33,35-47H2,1-3H3/b10-7-,11-8-,16-13-,17-14-,21-19-,22-20-,34-31-. The molecule has 6 nitrogen and oxygen atoms in total. The highest BCUT2D eigenvalue weighted by atomic mass is 16.6. The molecule has 1 unspecified atom stereocenters. The molecule has 0 spiro atoms. The van der Waals surface area contributed by atoms with Crippen LogP contribution in [0.25, 0.3) is 0 Å².